The molecule has 0 fully saturated rings. The molecule has 0 spiro atoms. The molecule has 2 rings (SSSR count). The zero-order chi connectivity index (χ0) is 23.2. The van der Waals surface area contributed by atoms with Crippen molar-refractivity contribution in [3.63, 3.8) is 0 Å². The van der Waals surface area contributed by atoms with Gasteiger partial charge in [-0.3, -0.25) is 9.59 Å². The molecule has 9 heteroatoms. The maximum atomic E-state index is 13.0. The van der Waals surface area contributed by atoms with Crippen LogP contribution in [0.1, 0.15) is 56.4 Å². The molecule has 0 unspecified atom stereocenters. The average molecular weight is 441 g/mol. The molecule has 2 atom stereocenters. The Bertz CT molecular complexity index is 871. The molecule has 0 bridgehead atoms. The quantitative estimate of drug-likeness (QED) is 0.530. The van der Waals surface area contributed by atoms with E-state index in [1.54, 1.807) is 58.0 Å². The molecule has 31 heavy (non-hydrogen) atoms. The highest BCUT2D eigenvalue weighted by Crippen LogP contribution is 2.36. The van der Waals surface area contributed by atoms with Gasteiger partial charge in [-0.25, -0.2) is 0 Å². The van der Waals surface area contributed by atoms with E-state index in [-0.39, 0.29) is 12.3 Å². The van der Waals surface area contributed by atoms with Gasteiger partial charge < -0.3 is 14.0 Å². The van der Waals surface area contributed by atoms with Gasteiger partial charge in [-0.05, 0) is 39.7 Å². The lowest BCUT2D eigenvalue weighted by Gasteiger charge is -2.27. The van der Waals surface area contributed by atoms with Crippen LogP contribution < -0.4 is 0 Å². The van der Waals surface area contributed by atoms with Gasteiger partial charge in [0, 0.05) is 12.0 Å². The Labute approximate surface area is 178 Å². The smallest absolute Gasteiger partial charge is 0.389 e. The van der Waals surface area contributed by atoms with E-state index < -0.39 is 48.4 Å². The molecule has 1 heterocycles. The topological polar surface area (TPSA) is 78.6 Å². The molecule has 0 saturated heterocycles. The van der Waals surface area contributed by atoms with Crippen molar-refractivity contribution in [2.24, 2.45) is 5.92 Å². The molecule has 0 radical (unpaired) electrons. The van der Waals surface area contributed by atoms with Crippen LogP contribution in [0.3, 0.4) is 0 Å². The summed E-state index contributed by atoms with van der Waals surface area (Å²) in [6.45, 7) is 6.31. The van der Waals surface area contributed by atoms with E-state index in [0.29, 0.717) is 11.1 Å². The third kappa shape index (κ3) is 7.73. The molecular weight excluding hydrogens is 415 g/mol. The van der Waals surface area contributed by atoms with Crippen LogP contribution in [0.4, 0.5) is 13.2 Å². The van der Waals surface area contributed by atoms with Gasteiger partial charge >= 0.3 is 18.1 Å². The Morgan fingerprint density at radius 3 is 2.26 bits per heavy atom. The van der Waals surface area contributed by atoms with E-state index in [1.165, 1.54) is 6.26 Å². The summed E-state index contributed by atoms with van der Waals surface area (Å²) in [6.07, 6.45) is -5.19. The van der Waals surface area contributed by atoms with Crippen molar-refractivity contribution in [3.05, 3.63) is 53.4 Å². The Balaban J connectivity index is 2.36. The highest BCUT2D eigenvalue weighted by atomic mass is 19.4. The molecule has 1 aromatic heterocycles. The van der Waals surface area contributed by atoms with Crippen LogP contribution in [0.25, 0.3) is 0 Å². The number of esters is 2. The van der Waals surface area contributed by atoms with E-state index >= 15 is 0 Å². The Morgan fingerprint density at radius 2 is 1.74 bits per heavy atom. The molecule has 2 aromatic rings. The fourth-order valence-electron chi connectivity index (χ4n) is 3.00. The summed E-state index contributed by atoms with van der Waals surface area (Å²) in [4.78, 5) is 25.9. The van der Waals surface area contributed by atoms with E-state index in [0.717, 1.165) is 0 Å². The van der Waals surface area contributed by atoms with Crippen LogP contribution in [-0.4, -0.2) is 28.9 Å². The zero-order valence-corrected chi connectivity index (χ0v) is 17.9. The lowest BCUT2D eigenvalue weighted by molar-refractivity contribution is -0.168. The van der Waals surface area contributed by atoms with E-state index in [4.69, 9.17) is 14.0 Å². The molecule has 170 valence electrons. The summed E-state index contributed by atoms with van der Waals surface area (Å²) in [7, 11) is 0. The van der Waals surface area contributed by atoms with Crippen molar-refractivity contribution in [1.82, 2.24) is 5.16 Å². The van der Waals surface area contributed by atoms with Gasteiger partial charge in [0.1, 0.15) is 30.1 Å². The molecule has 0 N–H and O–H groups in total. The van der Waals surface area contributed by atoms with E-state index in [1.807, 2.05) is 0 Å². The highest BCUT2D eigenvalue weighted by molar-refractivity contribution is 5.86. The van der Waals surface area contributed by atoms with Gasteiger partial charge in [-0.2, -0.15) is 13.2 Å². The summed E-state index contributed by atoms with van der Waals surface area (Å²) in [5.41, 5.74) is 0.217. The summed E-state index contributed by atoms with van der Waals surface area (Å²) in [5, 5.41) is 3.77. The largest absolute Gasteiger partial charge is 0.461 e. The van der Waals surface area contributed by atoms with Crippen LogP contribution in [-0.2, 0) is 25.7 Å². The maximum Gasteiger partial charge on any atom is 0.389 e. The second-order valence-corrected chi connectivity index (χ2v) is 8.25. The summed E-state index contributed by atoms with van der Waals surface area (Å²) in [5.74, 6) is -4.66. The number of halogens is 3. The van der Waals surface area contributed by atoms with Crippen molar-refractivity contribution in [2.75, 3.05) is 0 Å². The Kier molecular flexibility index (Phi) is 7.86. The lowest BCUT2D eigenvalue weighted by Crippen LogP contribution is -2.36. The number of hydrogen-bond donors (Lipinski definition) is 0. The minimum absolute atomic E-state index is 0.0538. The highest BCUT2D eigenvalue weighted by Gasteiger charge is 2.43. The Hall–Kier alpha value is -2.84. The predicted octanol–water partition coefficient (Wildman–Crippen LogP) is 5.11. The first-order chi connectivity index (χ1) is 14.4. The van der Waals surface area contributed by atoms with Gasteiger partial charge in [0.05, 0.1) is 5.92 Å². The molecule has 0 aliphatic rings. The van der Waals surface area contributed by atoms with E-state index in [9.17, 15) is 22.8 Å². The Morgan fingerprint density at radius 1 is 1.10 bits per heavy atom. The number of carbonyl (C=O) groups is 2. The van der Waals surface area contributed by atoms with Gasteiger partial charge in [0.2, 0.25) is 0 Å². The number of alkyl halides is 3. The standard InChI is InChI=1S/C22H26F3NO5/c1-14-12-30-26-18(14)17(20(28)31-21(2,3)4)16(10-11-22(23,24)25)19(27)29-13-15-8-6-5-7-9-15/h5-9,12,16-17H,10-11,13H2,1-4H3/t16-,17-/m1/s1. The SMILES string of the molecule is Cc1conc1[C@H](C(=O)OC(C)(C)C)[C@@H](CCC(F)(F)F)C(=O)OCc1ccccc1. The number of aromatic nitrogens is 1. The first-order valence-corrected chi connectivity index (χ1v) is 9.78. The second-order valence-electron chi connectivity index (χ2n) is 8.25. The predicted molar refractivity (Wildman–Crippen MR) is 105 cm³/mol. The molecule has 0 aliphatic carbocycles. The lowest BCUT2D eigenvalue weighted by atomic mass is 9.84. The minimum atomic E-state index is -4.52. The number of benzene rings is 1. The van der Waals surface area contributed by atoms with Gasteiger partial charge in [-0.1, -0.05) is 35.5 Å². The van der Waals surface area contributed by atoms with Crippen LogP contribution >= 0.6 is 0 Å². The van der Waals surface area contributed by atoms with E-state index in [2.05, 4.69) is 5.16 Å². The summed E-state index contributed by atoms with van der Waals surface area (Å²) >= 11 is 0. The summed E-state index contributed by atoms with van der Waals surface area (Å²) < 4.78 is 54.5. The number of ether oxygens (including phenoxy) is 2. The van der Waals surface area contributed by atoms with Crippen LogP contribution in [0.15, 0.2) is 41.1 Å². The third-order valence-corrected chi connectivity index (χ3v) is 4.41. The van der Waals surface area contributed by atoms with Crippen LogP contribution in [0.5, 0.6) is 0 Å². The first-order valence-electron chi connectivity index (χ1n) is 9.78. The van der Waals surface area contributed by atoms with Crippen molar-refractivity contribution in [2.45, 2.75) is 64.8 Å². The number of rotatable bonds is 8. The van der Waals surface area contributed by atoms with Crippen molar-refractivity contribution < 1.29 is 36.8 Å². The maximum absolute atomic E-state index is 13.0. The van der Waals surface area contributed by atoms with Crippen molar-refractivity contribution in [3.8, 4) is 0 Å². The first kappa shape index (κ1) is 24.4. The second kappa shape index (κ2) is 9.98. The average Bonchev–Trinajstić information content (AvgIpc) is 3.07. The third-order valence-electron chi connectivity index (χ3n) is 4.41. The monoisotopic (exact) mass is 441 g/mol. The van der Waals surface area contributed by atoms with Crippen LogP contribution in [0, 0.1) is 12.8 Å². The van der Waals surface area contributed by atoms with Crippen LogP contribution in [0.2, 0.25) is 0 Å². The number of hydrogen-bond acceptors (Lipinski definition) is 6. The minimum Gasteiger partial charge on any atom is -0.461 e. The molecule has 6 nitrogen and oxygen atoms in total. The molecule has 0 aliphatic heterocycles. The normalized spacial score (nSPS) is 14.0. The zero-order valence-electron chi connectivity index (χ0n) is 17.9. The fourth-order valence-corrected chi connectivity index (χ4v) is 3.00. The van der Waals surface area contributed by atoms with Gasteiger partial charge in [-0.15, -0.1) is 0 Å². The molecule has 1 aromatic carbocycles. The fraction of sp³-hybridized carbons (Fsp3) is 0.500. The molecule has 0 saturated carbocycles. The van der Waals surface area contributed by atoms with Gasteiger partial charge in [0.15, 0.2) is 0 Å². The van der Waals surface area contributed by atoms with Crippen molar-refractivity contribution >= 4 is 11.9 Å². The molecular formula is C22H26F3NO5. The van der Waals surface area contributed by atoms with Gasteiger partial charge in [0.25, 0.3) is 0 Å². The number of aryl methyl sites for hydroxylation is 1. The summed E-state index contributed by atoms with van der Waals surface area (Å²) in [6, 6.07) is 8.69. The molecule has 0 amide bonds. The number of carbonyl (C=O) groups excluding carboxylic acids is 2. The number of nitrogens with zero attached hydrogens (tertiary/aromatic N) is 1. The van der Waals surface area contributed by atoms with Crippen molar-refractivity contribution in [1.29, 1.82) is 0 Å².